The number of anilines is 1. The van der Waals surface area contributed by atoms with E-state index in [2.05, 4.69) is 20.9 Å². The summed E-state index contributed by atoms with van der Waals surface area (Å²) >= 11 is 3.30. The van der Waals surface area contributed by atoms with Crippen LogP contribution in [-0.4, -0.2) is 48.4 Å². The number of alkyl halides is 2. The Hall–Kier alpha value is -1.24. The van der Waals surface area contributed by atoms with Gasteiger partial charge in [-0.15, -0.1) is 0 Å². The molecule has 0 saturated carbocycles. The zero-order chi connectivity index (χ0) is 13.1. The van der Waals surface area contributed by atoms with Gasteiger partial charge in [-0.25, -0.2) is 4.98 Å². The second-order valence-electron chi connectivity index (χ2n) is 3.95. The number of rotatable bonds is 2. The lowest BCUT2D eigenvalue weighted by molar-refractivity contribution is -0.143. The Morgan fingerprint density at radius 1 is 1.28 bits per heavy atom. The van der Waals surface area contributed by atoms with Crippen molar-refractivity contribution in [2.24, 2.45) is 0 Å². The van der Waals surface area contributed by atoms with Crippen molar-refractivity contribution >= 4 is 27.7 Å². The highest BCUT2D eigenvalue weighted by atomic mass is 79.9. The van der Waals surface area contributed by atoms with Gasteiger partial charge in [-0.3, -0.25) is 4.79 Å². The fourth-order valence-electron chi connectivity index (χ4n) is 1.85. The minimum atomic E-state index is -2.91. The summed E-state index contributed by atoms with van der Waals surface area (Å²) in [5.41, 5.74) is 0. The average molecular weight is 320 g/mol. The van der Waals surface area contributed by atoms with Crippen molar-refractivity contribution in [2.45, 2.75) is 6.43 Å². The van der Waals surface area contributed by atoms with E-state index in [0.717, 1.165) is 10.3 Å². The molecule has 2 rings (SSSR count). The van der Waals surface area contributed by atoms with Crippen LogP contribution in [0.5, 0.6) is 0 Å². The first kappa shape index (κ1) is 13.2. The van der Waals surface area contributed by atoms with Gasteiger partial charge in [0.15, 0.2) is 0 Å². The number of halogens is 3. The van der Waals surface area contributed by atoms with E-state index in [-0.39, 0.29) is 0 Å². The van der Waals surface area contributed by atoms with Crippen LogP contribution in [-0.2, 0) is 4.79 Å². The lowest BCUT2D eigenvalue weighted by Gasteiger charge is -2.35. The number of nitrogens with zero attached hydrogens (tertiary/aromatic N) is 3. The van der Waals surface area contributed by atoms with Gasteiger partial charge >= 0.3 is 6.43 Å². The lowest BCUT2D eigenvalue weighted by atomic mass is 10.3. The van der Waals surface area contributed by atoms with Gasteiger partial charge in [-0.2, -0.15) is 8.78 Å². The minimum absolute atomic E-state index is 0.306. The van der Waals surface area contributed by atoms with Gasteiger partial charge in [-0.05, 0) is 28.1 Å². The fraction of sp³-hybridized carbons (Fsp3) is 0.455. The maximum Gasteiger partial charge on any atom is 0.315 e. The number of carbonyl (C=O) groups is 1. The molecule has 1 aliphatic heterocycles. The fourth-order valence-corrected chi connectivity index (χ4v) is 2.08. The van der Waals surface area contributed by atoms with Crippen molar-refractivity contribution < 1.29 is 13.6 Å². The van der Waals surface area contributed by atoms with Crippen molar-refractivity contribution in [3.63, 3.8) is 0 Å². The van der Waals surface area contributed by atoms with E-state index in [1.807, 2.05) is 17.0 Å². The molecule has 0 N–H and O–H groups in total. The Bertz CT molecular complexity index is 419. The SMILES string of the molecule is O=C(C(F)F)N1CCN(c2ccc(Br)cn2)CC1. The van der Waals surface area contributed by atoms with Crippen LogP contribution in [0.1, 0.15) is 0 Å². The minimum Gasteiger partial charge on any atom is -0.353 e. The molecule has 1 aliphatic rings. The Balaban J connectivity index is 1.94. The number of carbonyl (C=O) groups excluding carboxylic acids is 1. The second kappa shape index (κ2) is 5.60. The molecule has 1 aromatic heterocycles. The van der Waals surface area contributed by atoms with Gasteiger partial charge in [0, 0.05) is 36.8 Å². The molecule has 18 heavy (non-hydrogen) atoms. The van der Waals surface area contributed by atoms with E-state index in [4.69, 9.17) is 0 Å². The average Bonchev–Trinajstić information content (AvgIpc) is 2.39. The van der Waals surface area contributed by atoms with Crippen LogP contribution in [0.25, 0.3) is 0 Å². The van der Waals surface area contributed by atoms with Gasteiger partial charge in [-0.1, -0.05) is 0 Å². The molecule has 0 radical (unpaired) electrons. The van der Waals surface area contributed by atoms with E-state index in [1.165, 1.54) is 4.90 Å². The summed E-state index contributed by atoms with van der Waals surface area (Å²) in [6.45, 7) is 1.65. The van der Waals surface area contributed by atoms with Crippen molar-refractivity contribution in [3.8, 4) is 0 Å². The topological polar surface area (TPSA) is 36.4 Å². The Labute approximate surface area is 112 Å². The van der Waals surface area contributed by atoms with E-state index in [9.17, 15) is 13.6 Å². The van der Waals surface area contributed by atoms with Crippen LogP contribution in [0.15, 0.2) is 22.8 Å². The van der Waals surface area contributed by atoms with E-state index < -0.39 is 12.3 Å². The first-order valence-electron chi connectivity index (χ1n) is 5.51. The van der Waals surface area contributed by atoms with Crippen LogP contribution in [0, 0.1) is 0 Å². The first-order chi connectivity index (χ1) is 8.58. The summed E-state index contributed by atoms with van der Waals surface area (Å²) in [6.07, 6.45) is -1.23. The zero-order valence-corrected chi connectivity index (χ0v) is 11.1. The second-order valence-corrected chi connectivity index (χ2v) is 4.86. The maximum atomic E-state index is 12.3. The van der Waals surface area contributed by atoms with Crippen LogP contribution in [0.3, 0.4) is 0 Å². The molecular formula is C11H12BrF2N3O. The van der Waals surface area contributed by atoms with Crippen molar-refractivity contribution in [1.82, 2.24) is 9.88 Å². The van der Waals surface area contributed by atoms with Crippen LogP contribution in [0.2, 0.25) is 0 Å². The molecule has 1 fully saturated rings. The number of hydrogen-bond donors (Lipinski definition) is 0. The summed E-state index contributed by atoms with van der Waals surface area (Å²) in [4.78, 5) is 18.5. The van der Waals surface area contributed by atoms with E-state index >= 15 is 0 Å². The van der Waals surface area contributed by atoms with Crippen molar-refractivity contribution in [3.05, 3.63) is 22.8 Å². The molecule has 4 nitrogen and oxygen atoms in total. The van der Waals surface area contributed by atoms with E-state index in [1.54, 1.807) is 6.20 Å². The van der Waals surface area contributed by atoms with Crippen molar-refractivity contribution in [1.29, 1.82) is 0 Å². The largest absolute Gasteiger partial charge is 0.353 e. The quantitative estimate of drug-likeness (QED) is 0.833. The third-order valence-corrected chi connectivity index (χ3v) is 3.28. The number of amides is 1. The Morgan fingerprint density at radius 3 is 2.44 bits per heavy atom. The summed E-state index contributed by atoms with van der Waals surface area (Å²) in [6, 6.07) is 3.73. The van der Waals surface area contributed by atoms with Gasteiger partial charge in [0.2, 0.25) is 0 Å². The molecule has 0 atom stereocenters. The predicted octanol–water partition coefficient (Wildman–Crippen LogP) is 1.76. The summed E-state index contributed by atoms with van der Waals surface area (Å²) < 4.78 is 25.4. The van der Waals surface area contributed by atoms with Crippen molar-refractivity contribution in [2.75, 3.05) is 31.1 Å². The highest BCUT2D eigenvalue weighted by Crippen LogP contribution is 2.17. The predicted molar refractivity (Wildman–Crippen MR) is 66.7 cm³/mol. The third-order valence-electron chi connectivity index (χ3n) is 2.81. The summed E-state index contributed by atoms with van der Waals surface area (Å²) in [5.74, 6) is -0.291. The molecule has 0 bridgehead atoms. The molecular weight excluding hydrogens is 308 g/mol. The molecule has 7 heteroatoms. The van der Waals surface area contributed by atoms with Gasteiger partial charge in [0.1, 0.15) is 5.82 Å². The molecule has 2 heterocycles. The van der Waals surface area contributed by atoms with Gasteiger partial charge < -0.3 is 9.80 Å². The molecule has 0 unspecified atom stereocenters. The van der Waals surface area contributed by atoms with Crippen LogP contribution < -0.4 is 4.90 Å². The summed E-state index contributed by atoms with van der Waals surface area (Å²) in [7, 11) is 0. The molecule has 1 aromatic rings. The Morgan fingerprint density at radius 2 is 1.94 bits per heavy atom. The van der Waals surface area contributed by atoms with Gasteiger partial charge in [0.05, 0.1) is 0 Å². The highest BCUT2D eigenvalue weighted by molar-refractivity contribution is 9.10. The number of aromatic nitrogens is 1. The summed E-state index contributed by atoms with van der Waals surface area (Å²) in [5, 5.41) is 0. The Kier molecular flexibility index (Phi) is 4.11. The van der Waals surface area contributed by atoms with E-state index in [0.29, 0.717) is 26.2 Å². The molecule has 1 saturated heterocycles. The highest BCUT2D eigenvalue weighted by Gasteiger charge is 2.27. The third kappa shape index (κ3) is 2.95. The van der Waals surface area contributed by atoms with Gasteiger partial charge in [0.25, 0.3) is 5.91 Å². The molecule has 98 valence electrons. The smallest absolute Gasteiger partial charge is 0.315 e. The normalized spacial score (nSPS) is 16.2. The standard InChI is InChI=1S/C11H12BrF2N3O/c12-8-1-2-9(15-7-8)16-3-5-17(6-4-16)11(18)10(13)14/h1-2,7,10H,3-6H2. The van der Waals surface area contributed by atoms with Crippen LogP contribution in [0.4, 0.5) is 14.6 Å². The monoisotopic (exact) mass is 319 g/mol. The molecule has 1 amide bonds. The maximum absolute atomic E-state index is 12.3. The number of piperazine rings is 1. The lowest BCUT2D eigenvalue weighted by Crippen LogP contribution is -2.50. The number of pyridine rings is 1. The first-order valence-corrected chi connectivity index (χ1v) is 6.30. The number of hydrogen-bond acceptors (Lipinski definition) is 3. The molecule has 0 aliphatic carbocycles. The van der Waals surface area contributed by atoms with Crippen LogP contribution >= 0.6 is 15.9 Å². The zero-order valence-electron chi connectivity index (χ0n) is 9.52. The molecule has 0 aromatic carbocycles. The molecule has 0 spiro atoms.